The molecule has 0 saturated heterocycles. The first-order chi connectivity index (χ1) is 8.52. The van der Waals surface area contributed by atoms with Crippen molar-refractivity contribution in [3.63, 3.8) is 0 Å². The van der Waals surface area contributed by atoms with Crippen molar-refractivity contribution in [3.8, 4) is 0 Å². The van der Waals surface area contributed by atoms with Gasteiger partial charge in [-0.3, -0.25) is 0 Å². The van der Waals surface area contributed by atoms with Crippen molar-refractivity contribution in [1.82, 2.24) is 0 Å². The van der Waals surface area contributed by atoms with Gasteiger partial charge in [-0.25, -0.2) is 13.2 Å². The number of rotatable bonds is 3. The topological polar surface area (TPSA) is 46.2 Å². The Morgan fingerprint density at radius 3 is 2.16 bits per heavy atom. The van der Waals surface area contributed by atoms with Gasteiger partial charge < -0.3 is 10.8 Å². The summed E-state index contributed by atoms with van der Waals surface area (Å²) >= 11 is 5.27. The number of hydrogen-bond acceptors (Lipinski definition) is 2. The summed E-state index contributed by atoms with van der Waals surface area (Å²) in [6, 6.07) is -1.73. The summed E-state index contributed by atoms with van der Waals surface area (Å²) in [6.45, 7) is -1.82. The molecule has 0 heterocycles. The second-order valence-corrected chi connectivity index (χ2v) is 4.12. The molecule has 3 N–H and O–H groups in total. The van der Waals surface area contributed by atoms with Gasteiger partial charge in [0, 0.05) is 5.56 Å². The molecule has 0 aliphatic heterocycles. The molecule has 108 valence electrons. The van der Waals surface area contributed by atoms with Gasteiger partial charge in [-0.1, -0.05) is 11.6 Å². The van der Waals surface area contributed by atoms with Crippen LogP contribution in [-0.4, -0.2) is 17.6 Å². The van der Waals surface area contributed by atoms with E-state index in [4.69, 9.17) is 22.4 Å². The van der Waals surface area contributed by atoms with Crippen LogP contribution in [0.1, 0.15) is 17.2 Å². The minimum Gasteiger partial charge on any atom is -0.390 e. The highest BCUT2D eigenvalue weighted by Crippen LogP contribution is 2.41. The van der Waals surface area contributed by atoms with E-state index in [1.165, 1.54) is 0 Å². The smallest absolute Gasteiger partial charge is 0.390 e. The van der Waals surface area contributed by atoms with E-state index in [0.29, 0.717) is 12.1 Å². The van der Waals surface area contributed by atoms with Crippen molar-refractivity contribution in [3.05, 3.63) is 34.1 Å². The molecule has 0 aliphatic rings. The maximum Gasteiger partial charge on any atom is 0.416 e. The van der Waals surface area contributed by atoms with Gasteiger partial charge in [-0.15, -0.1) is 0 Å². The molecule has 9 heteroatoms. The summed E-state index contributed by atoms with van der Waals surface area (Å²) in [5, 5.41) is 7.64. The van der Waals surface area contributed by atoms with E-state index >= 15 is 0 Å². The zero-order valence-electron chi connectivity index (χ0n) is 9.11. The Kier molecular flexibility index (Phi) is 4.38. The van der Waals surface area contributed by atoms with Crippen molar-refractivity contribution in [2.24, 2.45) is 5.73 Å². The number of halogens is 7. The molecule has 1 aromatic carbocycles. The fraction of sp³-hybridized carbons (Fsp3) is 0.400. The number of nitrogens with two attached hydrogens (primary N) is 1. The summed E-state index contributed by atoms with van der Waals surface area (Å²) < 4.78 is 77.8. The van der Waals surface area contributed by atoms with E-state index in [9.17, 15) is 26.3 Å². The molecule has 0 bridgehead atoms. The van der Waals surface area contributed by atoms with Gasteiger partial charge in [0.05, 0.1) is 10.6 Å². The van der Waals surface area contributed by atoms with Crippen LogP contribution in [0.15, 0.2) is 12.1 Å². The molecule has 0 fully saturated rings. The van der Waals surface area contributed by atoms with Gasteiger partial charge in [-0.05, 0) is 12.1 Å². The molecule has 0 saturated carbocycles. The summed E-state index contributed by atoms with van der Waals surface area (Å²) in [5.41, 5.74) is 1.81. The highest BCUT2D eigenvalue weighted by Gasteiger charge is 2.45. The Hall–Kier alpha value is -0.990. The minimum absolute atomic E-state index is 0.355. The standard InChI is InChI=1S/C10H8ClF6NO/c11-5-2-1-4(10(15,16)17)6(7(5)12)8(18)9(13,14)3-19/h1-2,8,19H,3,18H2/t8-/m1/s1. The predicted molar refractivity (Wildman–Crippen MR) is 55.4 cm³/mol. The van der Waals surface area contributed by atoms with Crippen LogP contribution in [0.3, 0.4) is 0 Å². The highest BCUT2D eigenvalue weighted by atomic mass is 35.5. The average Bonchev–Trinajstić information content (AvgIpc) is 2.30. The molecule has 1 aromatic rings. The third-order valence-electron chi connectivity index (χ3n) is 2.41. The third kappa shape index (κ3) is 3.13. The minimum atomic E-state index is -5.08. The van der Waals surface area contributed by atoms with Crippen molar-refractivity contribution >= 4 is 11.6 Å². The van der Waals surface area contributed by atoms with Crippen molar-refractivity contribution in [1.29, 1.82) is 0 Å². The number of alkyl halides is 5. The Morgan fingerprint density at radius 2 is 1.74 bits per heavy atom. The molecule has 0 aliphatic carbocycles. The van der Waals surface area contributed by atoms with Gasteiger partial charge in [-0.2, -0.15) is 13.2 Å². The lowest BCUT2D eigenvalue weighted by Gasteiger charge is -2.25. The average molecular weight is 308 g/mol. The van der Waals surface area contributed by atoms with Crippen LogP contribution in [0.5, 0.6) is 0 Å². The monoisotopic (exact) mass is 307 g/mol. The predicted octanol–water partition coefficient (Wildman–Crippen LogP) is 3.13. The SMILES string of the molecule is N[C@H](c1c(C(F)(F)F)ccc(Cl)c1F)C(F)(F)CO. The van der Waals surface area contributed by atoms with E-state index in [2.05, 4.69) is 0 Å². The summed E-state index contributed by atoms with van der Waals surface area (Å²) in [6.07, 6.45) is -5.08. The number of benzene rings is 1. The Balaban J connectivity index is 3.52. The molecule has 19 heavy (non-hydrogen) atoms. The summed E-state index contributed by atoms with van der Waals surface area (Å²) in [5.74, 6) is -5.80. The second-order valence-electron chi connectivity index (χ2n) is 3.72. The quantitative estimate of drug-likeness (QED) is 0.843. The largest absolute Gasteiger partial charge is 0.416 e. The summed E-state index contributed by atoms with van der Waals surface area (Å²) in [7, 11) is 0. The molecule has 0 aromatic heterocycles. The lowest BCUT2D eigenvalue weighted by Crippen LogP contribution is -2.38. The Morgan fingerprint density at radius 1 is 1.21 bits per heavy atom. The van der Waals surface area contributed by atoms with E-state index in [1.807, 2.05) is 0 Å². The Bertz CT molecular complexity index is 476. The molecule has 0 amide bonds. The van der Waals surface area contributed by atoms with Crippen molar-refractivity contribution < 1.29 is 31.4 Å². The molecular weight excluding hydrogens is 300 g/mol. The van der Waals surface area contributed by atoms with E-state index in [1.54, 1.807) is 0 Å². The lowest BCUT2D eigenvalue weighted by atomic mass is 9.95. The fourth-order valence-corrected chi connectivity index (χ4v) is 1.59. The van der Waals surface area contributed by atoms with Crippen molar-refractivity contribution in [2.75, 3.05) is 6.61 Å². The first-order valence-corrected chi connectivity index (χ1v) is 5.19. The van der Waals surface area contributed by atoms with Crippen LogP contribution in [0.2, 0.25) is 5.02 Å². The first-order valence-electron chi connectivity index (χ1n) is 4.81. The molecular formula is C10H8ClF6NO. The molecule has 0 radical (unpaired) electrons. The molecule has 1 atom stereocenters. The highest BCUT2D eigenvalue weighted by molar-refractivity contribution is 6.30. The molecule has 1 rings (SSSR count). The molecule has 0 unspecified atom stereocenters. The number of aliphatic hydroxyl groups is 1. The molecule has 0 spiro atoms. The Labute approximate surface area is 108 Å². The first kappa shape index (κ1) is 16.1. The zero-order chi connectivity index (χ0) is 15.0. The van der Waals surface area contributed by atoms with Gasteiger partial charge in [0.1, 0.15) is 18.5 Å². The van der Waals surface area contributed by atoms with Crippen molar-refractivity contribution in [2.45, 2.75) is 18.1 Å². The van der Waals surface area contributed by atoms with Crippen LogP contribution in [-0.2, 0) is 6.18 Å². The van der Waals surface area contributed by atoms with Gasteiger partial charge >= 0.3 is 6.18 Å². The van der Waals surface area contributed by atoms with Gasteiger partial charge in [0.25, 0.3) is 5.92 Å². The second kappa shape index (κ2) is 5.18. The van der Waals surface area contributed by atoms with Crippen LogP contribution >= 0.6 is 11.6 Å². The normalized spacial score (nSPS) is 14.6. The summed E-state index contributed by atoms with van der Waals surface area (Å²) in [4.78, 5) is 0. The van der Waals surface area contributed by atoms with Crippen LogP contribution in [0.25, 0.3) is 0 Å². The number of hydrogen-bond donors (Lipinski definition) is 2. The third-order valence-corrected chi connectivity index (χ3v) is 2.71. The lowest BCUT2D eigenvalue weighted by molar-refractivity contribution is -0.140. The number of aliphatic hydroxyl groups excluding tert-OH is 1. The van der Waals surface area contributed by atoms with Gasteiger partial charge in [0.2, 0.25) is 0 Å². The maximum absolute atomic E-state index is 13.6. The van der Waals surface area contributed by atoms with E-state index in [-0.39, 0.29) is 0 Å². The van der Waals surface area contributed by atoms with Gasteiger partial charge in [0.15, 0.2) is 0 Å². The molecule has 2 nitrogen and oxygen atoms in total. The van der Waals surface area contributed by atoms with Crippen LogP contribution < -0.4 is 5.73 Å². The van der Waals surface area contributed by atoms with Crippen LogP contribution in [0, 0.1) is 5.82 Å². The zero-order valence-corrected chi connectivity index (χ0v) is 9.87. The van der Waals surface area contributed by atoms with Crippen LogP contribution in [0.4, 0.5) is 26.3 Å². The maximum atomic E-state index is 13.6. The van der Waals surface area contributed by atoms with E-state index < -0.39 is 46.7 Å². The fourth-order valence-electron chi connectivity index (χ4n) is 1.43. The van der Waals surface area contributed by atoms with E-state index in [0.717, 1.165) is 0 Å².